The molecule has 0 unspecified atom stereocenters. The van der Waals surface area contributed by atoms with E-state index in [-0.39, 0.29) is 6.54 Å². The third-order valence-corrected chi connectivity index (χ3v) is 7.39. The highest BCUT2D eigenvalue weighted by molar-refractivity contribution is 7.91. The molecule has 1 aromatic rings. The molecule has 0 radical (unpaired) electrons. The summed E-state index contributed by atoms with van der Waals surface area (Å²) in [6.07, 6.45) is 3.21. The summed E-state index contributed by atoms with van der Waals surface area (Å²) in [5.74, 6) is 0.746. The van der Waals surface area contributed by atoms with E-state index in [4.69, 9.17) is 4.74 Å². The van der Waals surface area contributed by atoms with Gasteiger partial charge in [-0.3, -0.25) is 4.99 Å². The molecule has 1 fully saturated rings. The van der Waals surface area contributed by atoms with Gasteiger partial charge in [0, 0.05) is 52.5 Å². The first-order valence-corrected chi connectivity index (χ1v) is 12.2. The fourth-order valence-electron chi connectivity index (χ4n) is 3.08. The van der Waals surface area contributed by atoms with E-state index in [1.165, 1.54) is 11.3 Å². The number of hydrogen-bond acceptors (Lipinski definition) is 6. The van der Waals surface area contributed by atoms with Gasteiger partial charge in [-0.1, -0.05) is 6.07 Å². The topological polar surface area (TPSA) is 95.1 Å². The Hall–Kier alpha value is -1.20. The Labute approximate surface area is 172 Å². The number of rotatable bonds is 11. The van der Waals surface area contributed by atoms with Crippen molar-refractivity contribution >= 4 is 27.3 Å². The molecule has 0 bridgehead atoms. The van der Waals surface area contributed by atoms with E-state index in [1.54, 1.807) is 24.6 Å². The molecule has 1 aromatic heterocycles. The number of likely N-dealkylation sites (tertiary alicyclic amines) is 1. The molecular weight excluding hydrogens is 398 g/mol. The highest BCUT2D eigenvalue weighted by Crippen LogP contribution is 2.14. The maximum Gasteiger partial charge on any atom is 0.250 e. The van der Waals surface area contributed by atoms with Gasteiger partial charge in [-0.2, -0.15) is 0 Å². The van der Waals surface area contributed by atoms with Crippen LogP contribution >= 0.6 is 11.3 Å². The molecule has 2 heterocycles. The van der Waals surface area contributed by atoms with Crippen molar-refractivity contribution in [2.24, 2.45) is 4.99 Å². The highest BCUT2D eigenvalue weighted by Gasteiger charge is 2.19. The molecular formula is C18H33N5O3S2. The van der Waals surface area contributed by atoms with Crippen molar-refractivity contribution < 1.29 is 13.2 Å². The minimum Gasteiger partial charge on any atom is -0.385 e. The molecule has 0 atom stereocenters. The average Bonchev–Trinajstić information content (AvgIpc) is 3.23. The number of hydrogen-bond donors (Lipinski definition) is 3. The number of thiophene rings is 1. The fourth-order valence-corrected chi connectivity index (χ4v) is 5.14. The molecule has 0 aromatic carbocycles. The van der Waals surface area contributed by atoms with Crippen LogP contribution in [0.15, 0.2) is 26.7 Å². The van der Waals surface area contributed by atoms with Crippen molar-refractivity contribution in [3.8, 4) is 0 Å². The van der Waals surface area contributed by atoms with Crippen LogP contribution in [0.2, 0.25) is 0 Å². The summed E-state index contributed by atoms with van der Waals surface area (Å²) < 4.78 is 32.3. The van der Waals surface area contributed by atoms with Crippen LogP contribution < -0.4 is 15.4 Å². The molecule has 0 spiro atoms. The molecule has 0 saturated carbocycles. The van der Waals surface area contributed by atoms with Crippen molar-refractivity contribution in [2.75, 3.05) is 53.0 Å². The monoisotopic (exact) mass is 431 g/mol. The number of guanidine groups is 1. The fraction of sp³-hybridized carbons (Fsp3) is 0.722. The van der Waals surface area contributed by atoms with Gasteiger partial charge in [0.15, 0.2) is 5.96 Å². The Bertz CT molecular complexity index is 671. The molecule has 3 N–H and O–H groups in total. The molecule has 10 heteroatoms. The quantitative estimate of drug-likeness (QED) is 0.276. The maximum absolute atomic E-state index is 12.1. The molecule has 2 rings (SSSR count). The Morgan fingerprint density at radius 1 is 1.39 bits per heavy atom. The van der Waals surface area contributed by atoms with Crippen LogP contribution in [0.3, 0.4) is 0 Å². The van der Waals surface area contributed by atoms with Gasteiger partial charge in [-0.05, 0) is 37.6 Å². The summed E-state index contributed by atoms with van der Waals surface area (Å²) in [6, 6.07) is 3.72. The van der Waals surface area contributed by atoms with E-state index in [9.17, 15) is 8.42 Å². The lowest BCUT2D eigenvalue weighted by Gasteiger charge is -2.33. The second-order valence-corrected chi connectivity index (χ2v) is 9.64. The van der Waals surface area contributed by atoms with Gasteiger partial charge in [0.05, 0.1) is 6.54 Å². The second kappa shape index (κ2) is 12.4. The van der Waals surface area contributed by atoms with Crippen molar-refractivity contribution in [1.29, 1.82) is 0 Å². The lowest BCUT2D eigenvalue weighted by molar-refractivity contribution is 0.155. The van der Waals surface area contributed by atoms with E-state index in [1.807, 2.05) is 6.92 Å². The van der Waals surface area contributed by atoms with Gasteiger partial charge in [0.1, 0.15) is 4.21 Å². The van der Waals surface area contributed by atoms with Crippen molar-refractivity contribution in [1.82, 2.24) is 20.3 Å². The van der Waals surface area contributed by atoms with Gasteiger partial charge in [-0.25, -0.2) is 13.1 Å². The molecule has 0 aliphatic carbocycles. The third kappa shape index (κ3) is 8.04. The third-order valence-electron chi connectivity index (χ3n) is 4.53. The number of piperidine rings is 1. The van der Waals surface area contributed by atoms with E-state index in [0.29, 0.717) is 16.8 Å². The van der Waals surface area contributed by atoms with Gasteiger partial charge in [0.25, 0.3) is 0 Å². The summed E-state index contributed by atoms with van der Waals surface area (Å²) in [6.45, 7) is 7.48. The van der Waals surface area contributed by atoms with Crippen LogP contribution in [-0.2, 0) is 14.8 Å². The normalized spacial score (nSPS) is 17.0. The van der Waals surface area contributed by atoms with Crippen molar-refractivity contribution in [2.45, 2.75) is 36.4 Å². The van der Waals surface area contributed by atoms with E-state index in [2.05, 4.69) is 25.2 Å². The highest BCUT2D eigenvalue weighted by atomic mass is 32.2. The van der Waals surface area contributed by atoms with E-state index in [0.717, 1.165) is 58.0 Å². The number of ether oxygens (including phenoxy) is 1. The lowest BCUT2D eigenvalue weighted by Crippen LogP contribution is -2.49. The maximum atomic E-state index is 12.1. The van der Waals surface area contributed by atoms with E-state index >= 15 is 0 Å². The zero-order valence-electron chi connectivity index (χ0n) is 16.8. The number of nitrogens with one attached hydrogen (secondary N) is 3. The smallest absolute Gasteiger partial charge is 0.250 e. The second-order valence-electron chi connectivity index (χ2n) is 6.70. The van der Waals surface area contributed by atoms with Crippen LogP contribution in [0, 0.1) is 0 Å². The van der Waals surface area contributed by atoms with Gasteiger partial charge < -0.3 is 20.3 Å². The van der Waals surface area contributed by atoms with E-state index < -0.39 is 10.0 Å². The van der Waals surface area contributed by atoms with Crippen molar-refractivity contribution in [3.05, 3.63) is 17.5 Å². The van der Waals surface area contributed by atoms with Crippen LogP contribution in [0.5, 0.6) is 0 Å². The first-order valence-electron chi connectivity index (χ1n) is 9.84. The minimum atomic E-state index is -3.43. The zero-order chi connectivity index (χ0) is 20.2. The molecule has 0 amide bonds. The standard InChI is InChI=1S/C18H33N5O3S2/c1-3-19-18(20-9-10-21-28(24,25)17-6-4-15-27-17)22-16-7-12-23(13-8-16)11-5-14-26-2/h4,6,15-16,21H,3,5,7-14H2,1-2H3,(H2,19,20,22). The predicted octanol–water partition coefficient (Wildman–Crippen LogP) is 1.08. The van der Waals surface area contributed by atoms with Gasteiger partial charge >= 0.3 is 0 Å². The van der Waals surface area contributed by atoms with Gasteiger partial charge in [0.2, 0.25) is 10.0 Å². The van der Waals surface area contributed by atoms with Crippen LogP contribution in [0.25, 0.3) is 0 Å². The Kier molecular flexibility index (Phi) is 10.2. The SMILES string of the molecule is CCNC(=NCCNS(=O)(=O)c1cccs1)NC1CCN(CCCOC)CC1. The molecule has 8 nitrogen and oxygen atoms in total. The summed E-state index contributed by atoms with van der Waals surface area (Å²) in [7, 11) is -1.69. The van der Waals surface area contributed by atoms with Crippen LogP contribution in [-0.4, -0.2) is 78.3 Å². The number of aliphatic imine (C=N–C) groups is 1. The number of methoxy groups -OCH3 is 1. The summed E-state index contributed by atoms with van der Waals surface area (Å²) >= 11 is 1.21. The summed E-state index contributed by atoms with van der Waals surface area (Å²) in [5.41, 5.74) is 0. The van der Waals surface area contributed by atoms with Crippen molar-refractivity contribution in [3.63, 3.8) is 0 Å². The van der Waals surface area contributed by atoms with Gasteiger partial charge in [-0.15, -0.1) is 11.3 Å². The predicted molar refractivity (Wildman–Crippen MR) is 115 cm³/mol. The molecule has 1 aliphatic rings. The lowest BCUT2D eigenvalue weighted by atomic mass is 10.1. The summed E-state index contributed by atoms with van der Waals surface area (Å²) in [5, 5.41) is 8.48. The van der Waals surface area contributed by atoms with Crippen LogP contribution in [0.1, 0.15) is 26.2 Å². The number of nitrogens with zero attached hydrogens (tertiary/aromatic N) is 2. The average molecular weight is 432 g/mol. The minimum absolute atomic E-state index is 0.273. The van der Waals surface area contributed by atoms with Crippen LogP contribution in [0.4, 0.5) is 0 Å². The molecule has 1 aliphatic heterocycles. The molecule has 160 valence electrons. The molecule has 28 heavy (non-hydrogen) atoms. The summed E-state index contributed by atoms with van der Waals surface area (Å²) in [4.78, 5) is 6.99. The number of sulfonamides is 1. The largest absolute Gasteiger partial charge is 0.385 e. The molecule has 1 saturated heterocycles. The first kappa shape index (κ1) is 23.1. The zero-order valence-corrected chi connectivity index (χ0v) is 18.4. The Morgan fingerprint density at radius 2 is 2.18 bits per heavy atom. The Morgan fingerprint density at radius 3 is 2.82 bits per heavy atom. The first-order chi connectivity index (χ1) is 13.5. The Balaban J connectivity index is 1.73.